The number of allylic oxidation sites excluding steroid dienone is 1. The van der Waals surface area contributed by atoms with Crippen LogP contribution in [0.4, 0.5) is 4.39 Å². The number of ether oxygens (including phenoxy) is 2. The zero-order valence-electron chi connectivity index (χ0n) is 18.1. The summed E-state index contributed by atoms with van der Waals surface area (Å²) in [6, 6.07) is 10.6. The van der Waals surface area contributed by atoms with Crippen LogP contribution in [0, 0.1) is 5.82 Å². The second-order valence-corrected chi connectivity index (χ2v) is 8.60. The Labute approximate surface area is 197 Å². The van der Waals surface area contributed by atoms with Gasteiger partial charge >= 0.3 is 5.97 Å². The van der Waals surface area contributed by atoms with Crippen LogP contribution >= 0.6 is 22.9 Å². The van der Waals surface area contributed by atoms with Crippen molar-refractivity contribution in [2.45, 2.75) is 19.9 Å². The van der Waals surface area contributed by atoms with Gasteiger partial charge in [-0.1, -0.05) is 47.2 Å². The summed E-state index contributed by atoms with van der Waals surface area (Å²) < 4.78 is 26.8. The highest BCUT2D eigenvalue weighted by Crippen LogP contribution is 2.35. The van der Waals surface area contributed by atoms with Crippen molar-refractivity contribution < 1.29 is 18.7 Å². The minimum Gasteiger partial charge on any atom is -0.496 e. The van der Waals surface area contributed by atoms with Crippen LogP contribution in [0.3, 0.4) is 0 Å². The van der Waals surface area contributed by atoms with Crippen LogP contribution in [-0.2, 0) is 9.53 Å². The van der Waals surface area contributed by atoms with Crippen LogP contribution in [0.5, 0.6) is 5.75 Å². The number of hydrogen-bond donors (Lipinski definition) is 0. The van der Waals surface area contributed by atoms with E-state index >= 15 is 0 Å². The van der Waals surface area contributed by atoms with Gasteiger partial charge in [-0.3, -0.25) is 9.36 Å². The number of para-hydroxylation sites is 1. The fourth-order valence-corrected chi connectivity index (χ4v) is 5.00. The van der Waals surface area contributed by atoms with Crippen LogP contribution in [0.15, 0.2) is 63.5 Å². The summed E-state index contributed by atoms with van der Waals surface area (Å²) in [4.78, 5) is 31.4. The molecule has 0 unspecified atom stereocenters. The molecule has 1 aromatic heterocycles. The lowest BCUT2D eigenvalue weighted by molar-refractivity contribution is -0.139. The minimum absolute atomic E-state index is 0.111. The lowest BCUT2D eigenvalue weighted by Gasteiger charge is -2.25. The molecule has 2 heterocycles. The van der Waals surface area contributed by atoms with E-state index in [0.29, 0.717) is 21.8 Å². The first-order valence-electron chi connectivity index (χ1n) is 10.1. The molecule has 33 heavy (non-hydrogen) atoms. The van der Waals surface area contributed by atoms with E-state index in [-0.39, 0.29) is 27.3 Å². The molecular formula is C24H20ClFN2O4S. The first-order chi connectivity index (χ1) is 15.9. The number of hydrogen-bond acceptors (Lipinski definition) is 6. The molecule has 0 saturated heterocycles. The van der Waals surface area contributed by atoms with Crippen LogP contribution in [0.1, 0.15) is 31.0 Å². The lowest BCUT2D eigenvalue weighted by Crippen LogP contribution is -2.40. The summed E-state index contributed by atoms with van der Waals surface area (Å²) in [5.74, 6) is -0.607. The van der Waals surface area contributed by atoms with Crippen molar-refractivity contribution >= 4 is 35.0 Å². The van der Waals surface area contributed by atoms with Gasteiger partial charge in [0, 0.05) is 11.1 Å². The SMILES string of the molecule is CCOC(=O)C1=C(C)N=c2s/c(=C\c3c(F)cccc3Cl)c(=O)n2[C@@H]1c1ccccc1OC. The van der Waals surface area contributed by atoms with Crippen molar-refractivity contribution in [3.63, 3.8) is 0 Å². The largest absolute Gasteiger partial charge is 0.496 e. The number of rotatable bonds is 5. The van der Waals surface area contributed by atoms with Gasteiger partial charge in [-0.15, -0.1) is 0 Å². The fraction of sp³-hybridized carbons (Fsp3) is 0.208. The molecule has 0 fully saturated rings. The first-order valence-corrected chi connectivity index (χ1v) is 11.3. The number of carbonyl (C=O) groups excluding carboxylic acids is 1. The number of thiazole rings is 1. The van der Waals surface area contributed by atoms with E-state index in [2.05, 4.69) is 4.99 Å². The molecule has 9 heteroatoms. The molecular weight excluding hydrogens is 467 g/mol. The summed E-state index contributed by atoms with van der Waals surface area (Å²) in [6.07, 6.45) is 1.41. The number of fused-ring (bicyclic) bond motifs is 1. The standard InChI is InChI=1S/C24H20ClFN2O4S/c1-4-32-23(30)20-13(2)27-24-28(21(20)14-8-5-6-11-18(14)31-3)22(29)19(33-24)12-15-16(25)9-7-10-17(15)26/h5-12,21H,4H2,1-3H3/b19-12-/t21-/m1/s1. The van der Waals surface area contributed by atoms with Gasteiger partial charge in [0.05, 0.1) is 34.5 Å². The van der Waals surface area contributed by atoms with Crippen LogP contribution in [-0.4, -0.2) is 24.3 Å². The van der Waals surface area contributed by atoms with Crippen LogP contribution < -0.4 is 19.6 Å². The maximum atomic E-state index is 14.4. The van der Waals surface area contributed by atoms with Gasteiger partial charge in [0.25, 0.3) is 5.56 Å². The number of carbonyl (C=O) groups is 1. The maximum Gasteiger partial charge on any atom is 0.338 e. The summed E-state index contributed by atoms with van der Waals surface area (Å²) in [6.45, 7) is 3.57. The van der Waals surface area contributed by atoms with Gasteiger partial charge in [0.1, 0.15) is 17.6 Å². The summed E-state index contributed by atoms with van der Waals surface area (Å²) in [5.41, 5.74) is 0.960. The van der Waals surface area contributed by atoms with E-state index in [1.807, 2.05) is 0 Å². The molecule has 1 aliphatic rings. The third kappa shape index (κ3) is 4.12. The summed E-state index contributed by atoms with van der Waals surface area (Å²) >= 11 is 7.25. The Balaban J connectivity index is 2.03. The Hall–Kier alpha value is -3.23. The van der Waals surface area contributed by atoms with Gasteiger partial charge in [-0.05, 0) is 38.1 Å². The molecule has 0 spiro atoms. The molecule has 0 radical (unpaired) electrons. The van der Waals surface area contributed by atoms with Gasteiger partial charge in [-0.25, -0.2) is 14.2 Å². The molecule has 0 saturated carbocycles. The summed E-state index contributed by atoms with van der Waals surface area (Å²) in [5, 5.41) is 0.186. The van der Waals surface area contributed by atoms with Gasteiger partial charge in [-0.2, -0.15) is 0 Å². The highest BCUT2D eigenvalue weighted by Gasteiger charge is 2.34. The van der Waals surface area contributed by atoms with Crippen molar-refractivity contribution in [1.29, 1.82) is 0 Å². The van der Waals surface area contributed by atoms with E-state index < -0.39 is 23.4 Å². The third-order valence-corrected chi connectivity index (χ3v) is 6.54. The molecule has 0 amide bonds. The molecule has 0 bridgehead atoms. The molecule has 1 aliphatic heterocycles. The zero-order chi connectivity index (χ0) is 23.7. The molecule has 0 aliphatic carbocycles. The number of nitrogens with zero attached hydrogens (tertiary/aromatic N) is 2. The van der Waals surface area contributed by atoms with Crippen molar-refractivity contribution in [3.8, 4) is 5.75 Å². The van der Waals surface area contributed by atoms with Crippen molar-refractivity contribution in [1.82, 2.24) is 4.57 Å². The Bertz CT molecular complexity index is 1440. The van der Waals surface area contributed by atoms with Gasteiger partial charge in [0.15, 0.2) is 4.80 Å². The van der Waals surface area contributed by atoms with E-state index in [9.17, 15) is 14.0 Å². The van der Waals surface area contributed by atoms with Gasteiger partial charge < -0.3 is 9.47 Å². The third-order valence-electron chi connectivity index (χ3n) is 5.23. The molecule has 2 aromatic carbocycles. The molecule has 1 atom stereocenters. The Morgan fingerprint density at radius 3 is 2.73 bits per heavy atom. The van der Waals surface area contributed by atoms with Crippen LogP contribution in [0.25, 0.3) is 6.08 Å². The molecule has 0 N–H and O–H groups in total. The quantitative estimate of drug-likeness (QED) is 0.517. The second-order valence-electron chi connectivity index (χ2n) is 7.18. The topological polar surface area (TPSA) is 69.9 Å². The molecule has 4 rings (SSSR count). The number of halogens is 2. The van der Waals surface area contributed by atoms with Crippen molar-refractivity contribution in [3.05, 3.63) is 95.4 Å². The van der Waals surface area contributed by atoms with E-state index in [0.717, 1.165) is 11.3 Å². The predicted octanol–water partition coefficient (Wildman–Crippen LogP) is 3.60. The predicted molar refractivity (Wildman–Crippen MR) is 125 cm³/mol. The number of esters is 1. The Morgan fingerprint density at radius 1 is 1.27 bits per heavy atom. The molecule has 3 aromatic rings. The smallest absolute Gasteiger partial charge is 0.338 e. The average Bonchev–Trinajstić information content (AvgIpc) is 3.10. The Morgan fingerprint density at radius 2 is 2.03 bits per heavy atom. The lowest BCUT2D eigenvalue weighted by atomic mass is 9.95. The number of aromatic nitrogens is 1. The van der Waals surface area contributed by atoms with E-state index in [1.165, 1.54) is 29.9 Å². The van der Waals surface area contributed by atoms with E-state index in [1.54, 1.807) is 44.2 Å². The number of methoxy groups -OCH3 is 1. The van der Waals surface area contributed by atoms with Crippen molar-refractivity contribution in [2.24, 2.45) is 4.99 Å². The van der Waals surface area contributed by atoms with Crippen LogP contribution in [0.2, 0.25) is 5.02 Å². The van der Waals surface area contributed by atoms with Crippen molar-refractivity contribution in [2.75, 3.05) is 13.7 Å². The second kappa shape index (κ2) is 9.33. The molecule has 6 nitrogen and oxygen atoms in total. The zero-order valence-corrected chi connectivity index (χ0v) is 19.7. The highest BCUT2D eigenvalue weighted by molar-refractivity contribution is 7.07. The number of benzene rings is 2. The fourth-order valence-electron chi connectivity index (χ4n) is 3.76. The first kappa shape index (κ1) is 22.9. The monoisotopic (exact) mass is 486 g/mol. The average molecular weight is 487 g/mol. The normalized spacial score (nSPS) is 15.8. The van der Waals surface area contributed by atoms with Gasteiger partial charge in [0.2, 0.25) is 0 Å². The van der Waals surface area contributed by atoms with E-state index in [4.69, 9.17) is 21.1 Å². The molecule has 170 valence electrons. The Kier molecular flexibility index (Phi) is 6.49. The maximum absolute atomic E-state index is 14.4. The summed E-state index contributed by atoms with van der Waals surface area (Å²) in [7, 11) is 1.52. The highest BCUT2D eigenvalue weighted by atomic mass is 35.5. The minimum atomic E-state index is -0.824.